The maximum Gasteiger partial charge on any atom is 0.264 e. The maximum atomic E-state index is 13.1. The van der Waals surface area contributed by atoms with Crippen molar-refractivity contribution in [1.29, 1.82) is 0 Å². The number of rotatable bonds is 4. The Morgan fingerprint density at radius 3 is 2.32 bits per heavy atom. The number of benzene rings is 2. The van der Waals surface area contributed by atoms with Crippen LogP contribution in [0.1, 0.15) is 0 Å². The molecule has 0 radical (unpaired) electrons. The molecule has 0 bridgehead atoms. The van der Waals surface area contributed by atoms with E-state index < -0.39 is 0 Å². The monoisotopic (exact) mass is 389 g/mol. The van der Waals surface area contributed by atoms with Crippen molar-refractivity contribution in [3.63, 3.8) is 0 Å². The van der Waals surface area contributed by atoms with Gasteiger partial charge in [-0.15, -0.1) is 0 Å². The average molecular weight is 389 g/mol. The first-order valence-electron chi connectivity index (χ1n) is 8.78. The lowest BCUT2D eigenvalue weighted by Gasteiger charge is -2.13. The molecule has 0 N–H and O–H groups in total. The van der Waals surface area contributed by atoms with E-state index in [1.807, 2.05) is 66.9 Å². The van der Waals surface area contributed by atoms with Gasteiger partial charge in [0.15, 0.2) is 10.8 Å². The minimum Gasteiger partial charge on any atom is -0.497 e. The Hall–Kier alpha value is -3.12. The second kappa shape index (κ2) is 7.48. The predicted octanol–water partition coefficient (Wildman–Crippen LogP) is 4.39. The number of methoxy groups -OCH3 is 1. The smallest absolute Gasteiger partial charge is 0.264 e. The molecule has 0 aliphatic heterocycles. The van der Waals surface area contributed by atoms with Gasteiger partial charge in [0.1, 0.15) is 5.75 Å². The third-order valence-corrected chi connectivity index (χ3v) is 5.39. The molecule has 2 aromatic heterocycles. The summed E-state index contributed by atoms with van der Waals surface area (Å²) in [5, 5.41) is 1.15. The zero-order chi connectivity index (χ0) is 19.7. The molecule has 2 heterocycles. The molecule has 0 unspecified atom stereocenters. The van der Waals surface area contributed by atoms with Crippen LogP contribution in [0.25, 0.3) is 33.4 Å². The molecule has 0 saturated carbocycles. The van der Waals surface area contributed by atoms with E-state index in [0.29, 0.717) is 16.2 Å². The van der Waals surface area contributed by atoms with Gasteiger partial charge in [-0.3, -0.25) is 9.36 Å². The van der Waals surface area contributed by atoms with E-state index in [1.54, 1.807) is 18.7 Å². The number of hydrogen-bond acceptors (Lipinski definition) is 5. The lowest BCUT2D eigenvalue weighted by atomic mass is 10.00. The van der Waals surface area contributed by atoms with Gasteiger partial charge in [-0.2, -0.15) is 0 Å². The molecule has 0 atom stereocenters. The summed E-state index contributed by atoms with van der Waals surface area (Å²) in [7, 11) is 3.37. The highest BCUT2D eigenvalue weighted by Crippen LogP contribution is 2.31. The second-order valence-corrected chi connectivity index (χ2v) is 7.08. The summed E-state index contributed by atoms with van der Waals surface area (Å²) in [6.07, 6.45) is 1.90. The molecule has 0 saturated heterocycles. The molecule has 0 aliphatic carbocycles. The van der Waals surface area contributed by atoms with Gasteiger partial charge >= 0.3 is 0 Å². The van der Waals surface area contributed by atoms with Gasteiger partial charge in [-0.05, 0) is 30.0 Å². The third-order valence-electron chi connectivity index (χ3n) is 4.66. The van der Waals surface area contributed by atoms with E-state index in [1.165, 1.54) is 11.8 Å². The molecule has 4 aromatic rings. The first-order chi connectivity index (χ1) is 13.6. The van der Waals surface area contributed by atoms with Crippen LogP contribution in [0.2, 0.25) is 0 Å². The predicted molar refractivity (Wildman–Crippen MR) is 114 cm³/mol. The van der Waals surface area contributed by atoms with Gasteiger partial charge < -0.3 is 4.74 Å². The molecule has 5 nitrogen and oxygen atoms in total. The van der Waals surface area contributed by atoms with Crippen molar-refractivity contribution in [2.24, 2.45) is 7.05 Å². The van der Waals surface area contributed by atoms with Crippen LogP contribution in [0.3, 0.4) is 0 Å². The molecule has 6 heteroatoms. The van der Waals surface area contributed by atoms with E-state index in [0.717, 1.165) is 28.1 Å². The van der Waals surface area contributed by atoms with Crippen molar-refractivity contribution in [2.75, 3.05) is 13.4 Å². The molecule has 0 amide bonds. The van der Waals surface area contributed by atoms with Crippen LogP contribution in [0.5, 0.6) is 5.75 Å². The van der Waals surface area contributed by atoms with Crippen LogP contribution >= 0.6 is 11.8 Å². The molecule has 28 heavy (non-hydrogen) atoms. The number of hydrogen-bond donors (Lipinski definition) is 0. The molecular formula is C22H19N3O2S. The fraction of sp³-hybridized carbons (Fsp3) is 0.136. The third kappa shape index (κ3) is 3.16. The number of thioether (sulfide) groups is 1. The largest absolute Gasteiger partial charge is 0.497 e. The first-order valence-corrected chi connectivity index (χ1v) is 10.0. The van der Waals surface area contributed by atoms with Gasteiger partial charge in [-0.25, -0.2) is 9.97 Å². The summed E-state index contributed by atoms with van der Waals surface area (Å²) in [4.78, 5) is 22.5. The summed E-state index contributed by atoms with van der Waals surface area (Å²) in [5.74, 6) is 0.765. The molecule has 4 rings (SSSR count). The lowest BCUT2D eigenvalue weighted by molar-refractivity contribution is 0.415. The van der Waals surface area contributed by atoms with E-state index in [2.05, 4.69) is 4.98 Å². The SMILES string of the molecule is COc1ccc(-c2cc(-c3ccccc3)nc3nc(SC)n(C)c(=O)c23)cc1. The highest BCUT2D eigenvalue weighted by atomic mass is 32.2. The average Bonchev–Trinajstić information content (AvgIpc) is 2.76. The fourth-order valence-corrected chi connectivity index (χ4v) is 3.72. The lowest BCUT2D eigenvalue weighted by Crippen LogP contribution is -2.21. The Morgan fingerprint density at radius 2 is 1.68 bits per heavy atom. The Bertz CT molecular complexity index is 1200. The Morgan fingerprint density at radius 1 is 0.964 bits per heavy atom. The van der Waals surface area contributed by atoms with Crippen LogP contribution in [0.4, 0.5) is 0 Å². The summed E-state index contributed by atoms with van der Waals surface area (Å²) >= 11 is 1.43. The minimum atomic E-state index is -0.104. The quantitative estimate of drug-likeness (QED) is 0.383. The molecule has 0 spiro atoms. The van der Waals surface area contributed by atoms with Crippen LogP contribution < -0.4 is 10.3 Å². The second-order valence-electron chi connectivity index (χ2n) is 6.31. The topological polar surface area (TPSA) is 57.0 Å². The maximum absolute atomic E-state index is 13.1. The van der Waals surface area contributed by atoms with Crippen molar-refractivity contribution in [3.05, 3.63) is 71.0 Å². The van der Waals surface area contributed by atoms with Crippen LogP contribution in [0.15, 0.2) is 70.6 Å². The van der Waals surface area contributed by atoms with Gasteiger partial charge in [0.25, 0.3) is 5.56 Å². The molecular weight excluding hydrogens is 370 g/mol. The normalized spacial score (nSPS) is 11.0. The van der Waals surface area contributed by atoms with Crippen molar-refractivity contribution in [3.8, 4) is 28.1 Å². The number of fused-ring (bicyclic) bond motifs is 1. The number of ether oxygens (including phenoxy) is 1. The van der Waals surface area contributed by atoms with Gasteiger partial charge in [-0.1, -0.05) is 54.2 Å². The number of nitrogens with zero attached hydrogens (tertiary/aromatic N) is 3. The molecule has 0 aliphatic rings. The van der Waals surface area contributed by atoms with Crippen LogP contribution in [-0.2, 0) is 7.05 Å². The summed E-state index contributed by atoms with van der Waals surface area (Å²) in [6.45, 7) is 0. The van der Waals surface area contributed by atoms with Gasteiger partial charge in [0.2, 0.25) is 0 Å². The molecule has 2 aromatic carbocycles. The summed E-state index contributed by atoms with van der Waals surface area (Å²) in [6, 6.07) is 19.5. The summed E-state index contributed by atoms with van der Waals surface area (Å²) < 4.78 is 6.84. The van der Waals surface area contributed by atoms with Gasteiger partial charge in [0, 0.05) is 18.2 Å². The highest BCUT2D eigenvalue weighted by molar-refractivity contribution is 7.98. The zero-order valence-electron chi connectivity index (χ0n) is 15.8. The molecule has 0 fully saturated rings. The van der Waals surface area contributed by atoms with Crippen molar-refractivity contribution in [2.45, 2.75) is 5.16 Å². The fourth-order valence-electron chi connectivity index (χ4n) is 3.18. The van der Waals surface area contributed by atoms with E-state index in [9.17, 15) is 4.79 Å². The first kappa shape index (κ1) is 18.3. The zero-order valence-corrected chi connectivity index (χ0v) is 16.7. The van der Waals surface area contributed by atoms with Crippen LogP contribution in [0, 0.1) is 0 Å². The van der Waals surface area contributed by atoms with Crippen molar-refractivity contribution in [1.82, 2.24) is 14.5 Å². The summed E-state index contributed by atoms with van der Waals surface area (Å²) in [5.41, 5.74) is 3.85. The number of aromatic nitrogens is 3. The van der Waals surface area contributed by atoms with E-state index >= 15 is 0 Å². The van der Waals surface area contributed by atoms with E-state index in [4.69, 9.17) is 9.72 Å². The molecule has 140 valence electrons. The van der Waals surface area contributed by atoms with E-state index in [-0.39, 0.29) is 5.56 Å². The Balaban J connectivity index is 2.07. The number of pyridine rings is 1. The Labute approximate surface area is 167 Å². The van der Waals surface area contributed by atoms with Crippen molar-refractivity contribution < 1.29 is 4.74 Å². The van der Waals surface area contributed by atoms with Gasteiger partial charge in [0.05, 0.1) is 18.2 Å². The van der Waals surface area contributed by atoms with Crippen LogP contribution in [-0.4, -0.2) is 27.9 Å². The minimum absolute atomic E-state index is 0.104. The highest BCUT2D eigenvalue weighted by Gasteiger charge is 2.16. The Kier molecular flexibility index (Phi) is 4.88. The van der Waals surface area contributed by atoms with Crippen molar-refractivity contribution >= 4 is 22.8 Å². The standard InChI is InChI=1S/C22H19N3O2S/c1-25-21(26)19-17(14-9-11-16(27-2)12-10-14)13-18(15-7-5-4-6-8-15)23-20(19)24-22(25)28-3/h4-13H,1-3H3.